The molecule has 1 N–H and O–H groups in total. The molecule has 1 aliphatic heterocycles. The summed E-state index contributed by atoms with van der Waals surface area (Å²) in [6.45, 7) is 6.26. The average molecular weight is 213 g/mol. The number of hydrogen-bond donors (Lipinski definition) is 1. The van der Waals surface area contributed by atoms with Crippen molar-refractivity contribution >= 4 is 6.09 Å². The van der Waals surface area contributed by atoms with Crippen LogP contribution in [-0.4, -0.2) is 40.4 Å². The first kappa shape index (κ1) is 10.7. The Labute approximate surface area is 90.2 Å². The lowest BCUT2D eigenvalue weighted by Crippen LogP contribution is -2.44. The standard InChI is InChI=1S/C11H19NO3/c1-11(2,3)15-10(14)12-6-7-4-8(12)5-9(7)13/h7-9,13H,4-6H2,1-3H3/t7?,8-,9?/m0/s1. The van der Waals surface area contributed by atoms with Gasteiger partial charge in [0.1, 0.15) is 5.60 Å². The molecule has 2 unspecified atom stereocenters. The van der Waals surface area contributed by atoms with Crippen LogP contribution < -0.4 is 0 Å². The van der Waals surface area contributed by atoms with E-state index >= 15 is 0 Å². The fraction of sp³-hybridized carbons (Fsp3) is 0.909. The molecule has 15 heavy (non-hydrogen) atoms. The smallest absolute Gasteiger partial charge is 0.410 e. The van der Waals surface area contributed by atoms with Gasteiger partial charge < -0.3 is 14.7 Å². The number of ether oxygens (including phenoxy) is 1. The number of carbonyl (C=O) groups is 1. The van der Waals surface area contributed by atoms with Crippen molar-refractivity contribution in [3.8, 4) is 0 Å². The van der Waals surface area contributed by atoms with E-state index in [0.717, 1.165) is 6.42 Å². The number of rotatable bonds is 0. The molecule has 1 saturated heterocycles. The second kappa shape index (κ2) is 3.37. The summed E-state index contributed by atoms with van der Waals surface area (Å²) in [4.78, 5) is 13.5. The van der Waals surface area contributed by atoms with E-state index in [2.05, 4.69) is 0 Å². The molecule has 0 aromatic rings. The summed E-state index contributed by atoms with van der Waals surface area (Å²) in [6.07, 6.45) is 1.19. The van der Waals surface area contributed by atoms with E-state index in [4.69, 9.17) is 4.74 Å². The molecule has 1 amide bonds. The third-order valence-electron chi connectivity index (χ3n) is 3.13. The highest BCUT2D eigenvalue weighted by Crippen LogP contribution is 2.38. The fourth-order valence-corrected chi connectivity index (χ4v) is 2.47. The topological polar surface area (TPSA) is 49.8 Å². The van der Waals surface area contributed by atoms with E-state index in [-0.39, 0.29) is 24.2 Å². The summed E-state index contributed by atoms with van der Waals surface area (Å²) in [7, 11) is 0. The lowest BCUT2D eigenvalue weighted by molar-refractivity contribution is 0.00788. The van der Waals surface area contributed by atoms with Gasteiger partial charge in [0.05, 0.1) is 6.10 Å². The Morgan fingerprint density at radius 3 is 2.47 bits per heavy atom. The van der Waals surface area contributed by atoms with Crippen LogP contribution in [0.15, 0.2) is 0 Å². The number of fused-ring (bicyclic) bond motifs is 2. The van der Waals surface area contributed by atoms with Crippen molar-refractivity contribution in [1.29, 1.82) is 0 Å². The van der Waals surface area contributed by atoms with Gasteiger partial charge >= 0.3 is 6.09 Å². The Hall–Kier alpha value is -0.770. The van der Waals surface area contributed by atoms with Crippen molar-refractivity contribution < 1.29 is 14.6 Å². The van der Waals surface area contributed by atoms with Crippen LogP contribution in [0.3, 0.4) is 0 Å². The molecule has 0 aromatic heterocycles. The molecular formula is C11H19NO3. The molecule has 0 aromatic carbocycles. The number of carbonyl (C=O) groups excluding carboxylic acids is 1. The lowest BCUT2D eigenvalue weighted by atomic mass is 10.1. The normalized spacial score (nSPS) is 34.7. The predicted molar refractivity (Wildman–Crippen MR) is 55.5 cm³/mol. The Morgan fingerprint density at radius 2 is 2.07 bits per heavy atom. The van der Waals surface area contributed by atoms with Crippen molar-refractivity contribution in [3.05, 3.63) is 0 Å². The van der Waals surface area contributed by atoms with Crippen LogP contribution in [0.1, 0.15) is 33.6 Å². The largest absolute Gasteiger partial charge is 0.444 e. The van der Waals surface area contributed by atoms with Crippen LogP contribution in [-0.2, 0) is 4.74 Å². The van der Waals surface area contributed by atoms with Crippen LogP contribution in [0.2, 0.25) is 0 Å². The van der Waals surface area contributed by atoms with Gasteiger partial charge in [-0.3, -0.25) is 0 Å². The molecule has 1 aliphatic carbocycles. The van der Waals surface area contributed by atoms with E-state index in [1.54, 1.807) is 4.90 Å². The molecule has 0 spiro atoms. The highest BCUT2D eigenvalue weighted by Gasteiger charge is 2.46. The van der Waals surface area contributed by atoms with E-state index in [1.165, 1.54) is 0 Å². The summed E-state index contributed by atoms with van der Waals surface area (Å²) in [5.74, 6) is 0.266. The number of amides is 1. The summed E-state index contributed by atoms with van der Waals surface area (Å²) in [5, 5.41) is 9.57. The molecule has 2 fully saturated rings. The van der Waals surface area contributed by atoms with E-state index in [9.17, 15) is 9.90 Å². The molecule has 2 bridgehead atoms. The molecule has 2 aliphatic rings. The van der Waals surface area contributed by atoms with Gasteiger partial charge in [-0.05, 0) is 33.6 Å². The Morgan fingerprint density at radius 1 is 1.40 bits per heavy atom. The Kier molecular flexibility index (Phi) is 2.41. The maximum Gasteiger partial charge on any atom is 0.410 e. The van der Waals surface area contributed by atoms with Gasteiger partial charge in [-0.2, -0.15) is 0 Å². The second-order valence-corrected chi connectivity index (χ2v) is 5.59. The van der Waals surface area contributed by atoms with Crippen molar-refractivity contribution in [2.24, 2.45) is 5.92 Å². The first-order valence-electron chi connectivity index (χ1n) is 5.54. The van der Waals surface area contributed by atoms with Crippen LogP contribution >= 0.6 is 0 Å². The van der Waals surface area contributed by atoms with Gasteiger partial charge in [-0.15, -0.1) is 0 Å². The Balaban J connectivity index is 1.94. The molecular weight excluding hydrogens is 194 g/mol. The third-order valence-corrected chi connectivity index (χ3v) is 3.13. The predicted octanol–water partition coefficient (Wildman–Crippen LogP) is 1.38. The summed E-state index contributed by atoms with van der Waals surface area (Å²) in [6, 6.07) is 0.194. The minimum atomic E-state index is -0.433. The van der Waals surface area contributed by atoms with Crippen LogP contribution in [0.4, 0.5) is 4.79 Å². The summed E-state index contributed by atoms with van der Waals surface area (Å²) < 4.78 is 5.31. The fourth-order valence-electron chi connectivity index (χ4n) is 2.47. The van der Waals surface area contributed by atoms with Crippen molar-refractivity contribution in [1.82, 2.24) is 4.90 Å². The highest BCUT2D eigenvalue weighted by molar-refractivity contribution is 5.69. The number of aliphatic hydroxyl groups is 1. The van der Waals surface area contributed by atoms with E-state index in [1.807, 2.05) is 20.8 Å². The first-order valence-corrected chi connectivity index (χ1v) is 5.54. The van der Waals surface area contributed by atoms with Gasteiger partial charge in [0, 0.05) is 18.5 Å². The van der Waals surface area contributed by atoms with Gasteiger partial charge in [-0.1, -0.05) is 0 Å². The maximum absolute atomic E-state index is 11.8. The van der Waals surface area contributed by atoms with Crippen LogP contribution in [0, 0.1) is 5.92 Å². The zero-order valence-corrected chi connectivity index (χ0v) is 9.56. The Bertz CT molecular complexity index is 269. The number of nitrogens with zero attached hydrogens (tertiary/aromatic N) is 1. The van der Waals surface area contributed by atoms with Gasteiger partial charge in [-0.25, -0.2) is 4.79 Å². The minimum Gasteiger partial charge on any atom is -0.444 e. The SMILES string of the molecule is CC(C)(C)OC(=O)N1CC2C[C@H]1CC2O. The summed E-state index contributed by atoms with van der Waals surface area (Å²) in [5.41, 5.74) is -0.433. The molecule has 4 heteroatoms. The van der Waals surface area contributed by atoms with Crippen molar-refractivity contribution in [2.45, 2.75) is 51.4 Å². The van der Waals surface area contributed by atoms with Crippen LogP contribution in [0.25, 0.3) is 0 Å². The van der Waals surface area contributed by atoms with Crippen molar-refractivity contribution in [3.63, 3.8) is 0 Å². The second-order valence-electron chi connectivity index (χ2n) is 5.59. The molecule has 2 rings (SSSR count). The van der Waals surface area contributed by atoms with Crippen molar-refractivity contribution in [2.75, 3.05) is 6.54 Å². The lowest BCUT2D eigenvalue weighted by Gasteiger charge is -2.31. The third kappa shape index (κ3) is 2.09. The zero-order chi connectivity index (χ0) is 11.2. The monoisotopic (exact) mass is 213 g/mol. The maximum atomic E-state index is 11.8. The molecule has 1 saturated carbocycles. The van der Waals surface area contributed by atoms with Crippen LogP contribution in [0.5, 0.6) is 0 Å². The number of aliphatic hydroxyl groups excluding tert-OH is 1. The van der Waals surface area contributed by atoms with Gasteiger partial charge in [0.2, 0.25) is 0 Å². The molecule has 4 nitrogen and oxygen atoms in total. The number of likely N-dealkylation sites (tertiary alicyclic amines) is 1. The minimum absolute atomic E-state index is 0.194. The zero-order valence-electron chi connectivity index (χ0n) is 9.56. The van der Waals surface area contributed by atoms with E-state index in [0.29, 0.717) is 13.0 Å². The quantitative estimate of drug-likeness (QED) is 0.661. The highest BCUT2D eigenvalue weighted by atomic mass is 16.6. The number of piperidine rings is 1. The molecule has 3 atom stereocenters. The van der Waals surface area contributed by atoms with Gasteiger partial charge in [0.25, 0.3) is 0 Å². The van der Waals surface area contributed by atoms with E-state index < -0.39 is 5.60 Å². The molecule has 86 valence electrons. The first-order chi connectivity index (χ1) is 6.87. The van der Waals surface area contributed by atoms with Gasteiger partial charge in [0.15, 0.2) is 0 Å². The molecule has 0 radical (unpaired) electrons. The molecule has 1 heterocycles. The average Bonchev–Trinajstić information content (AvgIpc) is 2.58. The number of hydrogen-bond acceptors (Lipinski definition) is 3. The summed E-state index contributed by atoms with van der Waals surface area (Å²) >= 11 is 0.